The van der Waals surface area contributed by atoms with Crippen molar-refractivity contribution in [2.75, 3.05) is 0 Å². The van der Waals surface area contributed by atoms with Gasteiger partial charge in [0.15, 0.2) is 0 Å². The van der Waals surface area contributed by atoms with Crippen LogP contribution in [0.4, 0.5) is 0 Å². The molecule has 1 saturated carbocycles. The summed E-state index contributed by atoms with van der Waals surface area (Å²) in [4.78, 5) is 14.3. The minimum Gasteiger partial charge on any atom is -0.255 e. The molecule has 0 unspecified atom stereocenters. The van der Waals surface area contributed by atoms with Crippen LogP contribution in [0.5, 0.6) is 0 Å². The fourth-order valence-electron chi connectivity index (χ4n) is 4.45. The summed E-state index contributed by atoms with van der Waals surface area (Å²) >= 11 is 0. The van der Waals surface area contributed by atoms with Crippen molar-refractivity contribution in [2.45, 2.75) is 32.6 Å². The fraction of sp³-hybridized carbons (Fsp3) is 0.318. The van der Waals surface area contributed by atoms with E-state index in [0.717, 1.165) is 28.7 Å². The van der Waals surface area contributed by atoms with Gasteiger partial charge in [0.1, 0.15) is 0 Å². The first kappa shape index (κ1) is 14.8. The zero-order valence-corrected chi connectivity index (χ0v) is 14.6. The van der Waals surface area contributed by atoms with Gasteiger partial charge in [0.05, 0.1) is 22.8 Å². The summed E-state index contributed by atoms with van der Waals surface area (Å²) in [5.74, 6) is 1.42. The lowest BCUT2D eigenvalue weighted by molar-refractivity contribution is 0.0156. The van der Waals surface area contributed by atoms with Crippen LogP contribution in [0, 0.1) is 11.3 Å². The molecule has 25 heavy (non-hydrogen) atoms. The molecule has 3 aliphatic carbocycles. The lowest BCUT2D eigenvalue weighted by atomic mass is 9.48. The van der Waals surface area contributed by atoms with Crippen molar-refractivity contribution in [3.8, 4) is 22.8 Å². The Morgan fingerprint density at radius 3 is 2.36 bits per heavy atom. The maximum Gasteiger partial charge on any atom is 0.0894 e. The molecule has 0 amide bonds. The standard InChI is InChI=1S/C22H21N3/c1-22(2)15-12-14-9-10-20(25-21(14)16(22)13-15)19-8-5-7-18(24-19)17-6-3-4-11-23-17/h3-11,15-16H,12-13H2,1-2H3/t15-,16-/m0/s1. The molecule has 124 valence electrons. The summed E-state index contributed by atoms with van der Waals surface area (Å²) in [6, 6.07) is 16.4. The van der Waals surface area contributed by atoms with Crippen molar-refractivity contribution >= 4 is 0 Å². The third-order valence-electron chi connectivity index (χ3n) is 6.22. The van der Waals surface area contributed by atoms with E-state index in [9.17, 15) is 0 Å². The quantitative estimate of drug-likeness (QED) is 0.672. The van der Waals surface area contributed by atoms with Crippen molar-refractivity contribution in [1.82, 2.24) is 15.0 Å². The van der Waals surface area contributed by atoms with Crippen molar-refractivity contribution < 1.29 is 0 Å². The van der Waals surface area contributed by atoms with Gasteiger partial charge in [-0.15, -0.1) is 0 Å². The van der Waals surface area contributed by atoms with E-state index in [2.05, 4.69) is 31.0 Å². The Hall–Kier alpha value is -2.55. The van der Waals surface area contributed by atoms with Crippen LogP contribution >= 0.6 is 0 Å². The molecule has 3 nitrogen and oxygen atoms in total. The average Bonchev–Trinajstić information content (AvgIpc) is 2.67. The predicted molar refractivity (Wildman–Crippen MR) is 99.0 cm³/mol. The maximum absolute atomic E-state index is 5.05. The summed E-state index contributed by atoms with van der Waals surface area (Å²) in [5.41, 5.74) is 6.80. The second-order valence-electron chi connectivity index (χ2n) is 7.87. The van der Waals surface area contributed by atoms with Crippen LogP contribution < -0.4 is 0 Å². The Morgan fingerprint density at radius 2 is 1.60 bits per heavy atom. The monoisotopic (exact) mass is 327 g/mol. The van der Waals surface area contributed by atoms with Crippen LogP contribution in [-0.4, -0.2) is 15.0 Å². The highest BCUT2D eigenvalue weighted by molar-refractivity contribution is 5.62. The van der Waals surface area contributed by atoms with E-state index < -0.39 is 0 Å². The first-order chi connectivity index (χ1) is 12.1. The van der Waals surface area contributed by atoms with Gasteiger partial charge in [-0.1, -0.05) is 32.0 Å². The number of pyridine rings is 3. The van der Waals surface area contributed by atoms with E-state index in [1.807, 2.05) is 36.4 Å². The third kappa shape index (κ3) is 2.22. The van der Waals surface area contributed by atoms with Gasteiger partial charge in [0, 0.05) is 17.8 Å². The molecule has 0 radical (unpaired) electrons. The normalized spacial score (nSPS) is 22.8. The number of rotatable bonds is 2. The Balaban J connectivity index is 1.56. The zero-order chi connectivity index (χ0) is 17.0. The highest BCUT2D eigenvalue weighted by Crippen LogP contribution is 2.61. The van der Waals surface area contributed by atoms with Gasteiger partial charge < -0.3 is 0 Å². The van der Waals surface area contributed by atoms with E-state index in [0.29, 0.717) is 11.3 Å². The smallest absolute Gasteiger partial charge is 0.0894 e. The van der Waals surface area contributed by atoms with Gasteiger partial charge in [-0.3, -0.25) is 9.97 Å². The van der Waals surface area contributed by atoms with Crippen molar-refractivity contribution in [2.24, 2.45) is 11.3 Å². The third-order valence-corrected chi connectivity index (χ3v) is 6.22. The van der Waals surface area contributed by atoms with Gasteiger partial charge in [-0.2, -0.15) is 0 Å². The molecule has 2 bridgehead atoms. The van der Waals surface area contributed by atoms with Gasteiger partial charge in [-0.25, -0.2) is 4.98 Å². The lowest BCUT2D eigenvalue weighted by Crippen LogP contribution is -2.48. The lowest BCUT2D eigenvalue weighted by Gasteiger charge is -2.56. The van der Waals surface area contributed by atoms with Gasteiger partial charge in [-0.05, 0) is 60.1 Å². The number of aromatic nitrogens is 3. The first-order valence-electron chi connectivity index (χ1n) is 9.01. The van der Waals surface area contributed by atoms with E-state index in [1.165, 1.54) is 24.1 Å². The van der Waals surface area contributed by atoms with Gasteiger partial charge in [0.25, 0.3) is 0 Å². The van der Waals surface area contributed by atoms with E-state index in [1.54, 1.807) is 6.20 Å². The van der Waals surface area contributed by atoms with Gasteiger partial charge in [0.2, 0.25) is 0 Å². The van der Waals surface area contributed by atoms with Gasteiger partial charge >= 0.3 is 0 Å². The molecule has 3 heteroatoms. The summed E-state index contributed by atoms with van der Waals surface area (Å²) in [5, 5.41) is 0. The first-order valence-corrected chi connectivity index (χ1v) is 9.01. The molecule has 1 fully saturated rings. The van der Waals surface area contributed by atoms with Crippen LogP contribution in [0.25, 0.3) is 22.8 Å². The molecule has 3 aliphatic rings. The van der Waals surface area contributed by atoms with E-state index in [-0.39, 0.29) is 0 Å². The van der Waals surface area contributed by atoms with Crippen molar-refractivity contribution in [3.05, 3.63) is 66.0 Å². The number of hydrogen-bond donors (Lipinski definition) is 0. The van der Waals surface area contributed by atoms with E-state index >= 15 is 0 Å². The van der Waals surface area contributed by atoms with Crippen LogP contribution in [0.3, 0.4) is 0 Å². The molecular formula is C22H21N3. The Kier molecular flexibility index (Phi) is 3.08. The predicted octanol–water partition coefficient (Wildman–Crippen LogP) is 4.89. The fourth-order valence-corrected chi connectivity index (χ4v) is 4.45. The zero-order valence-electron chi connectivity index (χ0n) is 14.6. The molecule has 0 aliphatic heterocycles. The molecular weight excluding hydrogens is 306 g/mol. The number of hydrogen-bond acceptors (Lipinski definition) is 3. The molecule has 3 aromatic heterocycles. The molecule has 3 aromatic rings. The van der Waals surface area contributed by atoms with Crippen LogP contribution in [-0.2, 0) is 6.42 Å². The largest absolute Gasteiger partial charge is 0.255 e. The minimum absolute atomic E-state index is 0.391. The summed E-state index contributed by atoms with van der Waals surface area (Å²) in [6.07, 6.45) is 4.27. The summed E-state index contributed by atoms with van der Waals surface area (Å²) in [7, 11) is 0. The minimum atomic E-state index is 0.391. The highest BCUT2D eigenvalue weighted by Gasteiger charge is 2.53. The molecule has 0 saturated heterocycles. The molecule has 0 N–H and O–H groups in total. The molecule has 3 heterocycles. The van der Waals surface area contributed by atoms with E-state index in [4.69, 9.17) is 9.97 Å². The molecule has 0 aromatic carbocycles. The summed E-state index contributed by atoms with van der Waals surface area (Å²) in [6.45, 7) is 4.78. The van der Waals surface area contributed by atoms with Crippen molar-refractivity contribution in [3.63, 3.8) is 0 Å². The maximum atomic E-state index is 5.05. The Morgan fingerprint density at radius 1 is 0.840 bits per heavy atom. The molecule has 0 spiro atoms. The average molecular weight is 327 g/mol. The molecule has 2 atom stereocenters. The highest BCUT2D eigenvalue weighted by atomic mass is 14.8. The molecule has 6 rings (SSSR count). The van der Waals surface area contributed by atoms with Crippen LogP contribution in [0.2, 0.25) is 0 Å². The Labute approximate surface area is 148 Å². The SMILES string of the molecule is CC1(C)[C@H]2Cc3ccc(-c4cccc(-c5ccccn5)n4)nc3[C@@H]1C2. The Bertz CT molecular complexity index is 946. The summed E-state index contributed by atoms with van der Waals surface area (Å²) < 4.78 is 0. The van der Waals surface area contributed by atoms with Crippen molar-refractivity contribution in [1.29, 1.82) is 0 Å². The van der Waals surface area contributed by atoms with Crippen LogP contribution in [0.1, 0.15) is 37.4 Å². The second kappa shape index (κ2) is 5.22. The second-order valence-corrected chi connectivity index (χ2v) is 7.87. The number of nitrogens with zero attached hydrogens (tertiary/aromatic N) is 3. The van der Waals surface area contributed by atoms with Crippen LogP contribution in [0.15, 0.2) is 54.7 Å². The topological polar surface area (TPSA) is 38.7 Å².